The fraction of sp³-hybridized carbons (Fsp3) is 0.556. The van der Waals surface area contributed by atoms with E-state index >= 15 is 0 Å². The van der Waals surface area contributed by atoms with Crippen LogP contribution in [0, 0.1) is 0 Å². The van der Waals surface area contributed by atoms with Gasteiger partial charge in [0.15, 0.2) is 15.5 Å². The Morgan fingerprint density at radius 2 is 2.25 bits per heavy atom. The van der Waals surface area contributed by atoms with Gasteiger partial charge in [0.2, 0.25) is 10.0 Å². The molecule has 0 radical (unpaired) electrons. The maximum Gasteiger partial charge on any atom is 0.355 e. The topological polar surface area (TPSA) is 130 Å². The van der Waals surface area contributed by atoms with Crippen molar-refractivity contribution in [2.24, 2.45) is 0 Å². The fourth-order valence-electron chi connectivity index (χ4n) is 1.78. The van der Waals surface area contributed by atoms with Crippen LogP contribution in [-0.4, -0.2) is 49.7 Å². The van der Waals surface area contributed by atoms with Crippen molar-refractivity contribution in [3.63, 3.8) is 0 Å². The highest BCUT2D eigenvalue weighted by Crippen LogP contribution is 2.19. The van der Waals surface area contributed by atoms with Crippen LogP contribution in [0.4, 0.5) is 0 Å². The number of hydrogen-bond acceptors (Lipinski definition) is 7. The van der Waals surface area contributed by atoms with Gasteiger partial charge < -0.3 is 5.11 Å². The van der Waals surface area contributed by atoms with Gasteiger partial charge in [0.05, 0.1) is 23.3 Å². The van der Waals surface area contributed by atoms with E-state index in [-0.39, 0.29) is 30.2 Å². The quantitative estimate of drug-likeness (QED) is 0.735. The number of thiazole rings is 1. The first kappa shape index (κ1) is 15.4. The Balaban J connectivity index is 2.00. The van der Waals surface area contributed by atoms with Gasteiger partial charge in [-0.3, -0.25) is 0 Å². The number of sulfone groups is 1. The maximum absolute atomic E-state index is 11.9. The molecule has 0 amide bonds. The number of nitrogens with one attached hydrogen (secondary N) is 1. The highest BCUT2D eigenvalue weighted by molar-refractivity contribution is 7.95. The van der Waals surface area contributed by atoms with E-state index in [1.807, 2.05) is 0 Å². The number of aromatic carboxylic acids is 1. The summed E-state index contributed by atoms with van der Waals surface area (Å²) in [5.74, 6) is -1.68. The summed E-state index contributed by atoms with van der Waals surface area (Å²) in [4.78, 5) is 14.4. The Morgan fingerprint density at radius 3 is 2.75 bits per heavy atom. The summed E-state index contributed by atoms with van der Waals surface area (Å²) in [6, 6.07) is 0. The Hall–Kier alpha value is -1.04. The number of aromatic nitrogens is 1. The van der Waals surface area contributed by atoms with Crippen LogP contribution in [0.25, 0.3) is 0 Å². The zero-order chi connectivity index (χ0) is 15.0. The molecule has 0 spiro atoms. The van der Waals surface area contributed by atoms with Gasteiger partial charge in [-0.1, -0.05) is 0 Å². The van der Waals surface area contributed by atoms with Crippen LogP contribution in [-0.2, 0) is 26.4 Å². The van der Waals surface area contributed by atoms with Gasteiger partial charge in [-0.25, -0.2) is 31.3 Å². The molecular formula is C9H12N2O6S3. The van der Waals surface area contributed by atoms with Crippen LogP contribution in [0.3, 0.4) is 0 Å². The normalized spacial score (nSPS) is 21.9. The Labute approximate surface area is 119 Å². The average Bonchev–Trinajstić information content (AvgIpc) is 2.93. The van der Waals surface area contributed by atoms with E-state index in [9.17, 15) is 21.6 Å². The van der Waals surface area contributed by atoms with Crippen molar-refractivity contribution >= 4 is 37.2 Å². The molecule has 0 aromatic carbocycles. The lowest BCUT2D eigenvalue weighted by molar-refractivity contribution is 0.0691. The number of carboxylic acid groups (broad SMARTS) is 1. The van der Waals surface area contributed by atoms with Gasteiger partial charge in [0.25, 0.3) is 0 Å². The predicted octanol–water partition coefficient (Wildman–Crippen LogP) is -0.552. The molecule has 2 N–H and O–H groups in total. The number of hydrogen-bond donors (Lipinski definition) is 2. The molecule has 0 saturated carbocycles. The minimum atomic E-state index is -3.75. The highest BCUT2D eigenvalue weighted by Gasteiger charge is 2.36. The molecular weight excluding hydrogens is 328 g/mol. The maximum atomic E-state index is 11.9. The van der Waals surface area contributed by atoms with Crippen molar-refractivity contribution in [3.8, 4) is 0 Å². The first-order valence-corrected chi connectivity index (χ1v) is 9.81. The van der Waals surface area contributed by atoms with Crippen LogP contribution in [0.2, 0.25) is 0 Å². The molecule has 2 rings (SSSR count). The summed E-state index contributed by atoms with van der Waals surface area (Å²) < 4.78 is 48.7. The first-order valence-electron chi connectivity index (χ1n) is 5.56. The van der Waals surface area contributed by atoms with Crippen molar-refractivity contribution in [2.75, 3.05) is 11.5 Å². The number of sulfonamides is 1. The van der Waals surface area contributed by atoms with Crippen LogP contribution >= 0.6 is 11.3 Å². The summed E-state index contributed by atoms with van der Waals surface area (Å²) >= 11 is 1.02. The molecule has 1 atom stereocenters. The molecule has 1 aliphatic heterocycles. The Morgan fingerprint density at radius 1 is 1.55 bits per heavy atom. The van der Waals surface area contributed by atoms with Gasteiger partial charge in [-0.15, -0.1) is 11.3 Å². The fourth-order valence-corrected chi connectivity index (χ4v) is 6.61. The van der Waals surface area contributed by atoms with Gasteiger partial charge in [0, 0.05) is 5.38 Å². The van der Waals surface area contributed by atoms with E-state index in [4.69, 9.17) is 5.11 Å². The second-order valence-electron chi connectivity index (χ2n) is 4.32. The summed E-state index contributed by atoms with van der Waals surface area (Å²) in [5, 5.41) is 9.37. The highest BCUT2D eigenvalue weighted by atomic mass is 32.2. The number of rotatable bonds is 5. The standard InChI is InChI=1S/C9H12N2O6S3/c12-9(13)7-4-18-8(11-7)3-10-20(16,17)6-1-2-19(14,15)5-6/h4,6,10H,1-3,5H2,(H,12,13). The molecule has 8 nitrogen and oxygen atoms in total. The van der Waals surface area contributed by atoms with E-state index in [2.05, 4.69) is 9.71 Å². The van der Waals surface area contributed by atoms with Gasteiger partial charge in [-0.05, 0) is 6.42 Å². The molecule has 1 saturated heterocycles. The van der Waals surface area contributed by atoms with Gasteiger partial charge >= 0.3 is 5.97 Å². The summed E-state index contributed by atoms with van der Waals surface area (Å²) in [5.41, 5.74) is -0.146. The monoisotopic (exact) mass is 340 g/mol. The van der Waals surface area contributed by atoms with E-state index < -0.39 is 31.1 Å². The SMILES string of the molecule is O=C(O)c1csc(CNS(=O)(=O)C2CCS(=O)(=O)C2)n1. The molecule has 1 aromatic rings. The minimum absolute atomic E-state index is 0.0793. The molecule has 0 bridgehead atoms. The molecule has 2 heterocycles. The third kappa shape index (κ3) is 3.53. The zero-order valence-corrected chi connectivity index (χ0v) is 12.6. The van der Waals surface area contributed by atoms with E-state index in [1.165, 1.54) is 5.38 Å². The predicted molar refractivity (Wildman–Crippen MR) is 71.9 cm³/mol. The van der Waals surface area contributed by atoms with E-state index in [0.29, 0.717) is 5.01 Å². The lowest BCUT2D eigenvalue weighted by Gasteiger charge is -2.10. The second-order valence-corrected chi connectivity index (χ2v) is 9.54. The Kier molecular flexibility index (Phi) is 4.14. The van der Waals surface area contributed by atoms with Crippen LogP contribution in [0.1, 0.15) is 21.9 Å². The minimum Gasteiger partial charge on any atom is -0.476 e. The molecule has 1 unspecified atom stereocenters. The van der Waals surface area contributed by atoms with E-state index in [1.54, 1.807) is 0 Å². The molecule has 20 heavy (non-hydrogen) atoms. The van der Waals surface area contributed by atoms with E-state index in [0.717, 1.165) is 11.3 Å². The van der Waals surface area contributed by atoms with Crippen molar-refractivity contribution in [3.05, 3.63) is 16.1 Å². The smallest absolute Gasteiger partial charge is 0.355 e. The van der Waals surface area contributed by atoms with Crippen molar-refractivity contribution in [1.29, 1.82) is 0 Å². The molecule has 1 aliphatic rings. The van der Waals surface area contributed by atoms with Crippen molar-refractivity contribution in [2.45, 2.75) is 18.2 Å². The number of carboxylic acids is 1. The third-order valence-electron chi connectivity index (χ3n) is 2.82. The van der Waals surface area contributed by atoms with Gasteiger partial charge in [-0.2, -0.15) is 0 Å². The van der Waals surface area contributed by atoms with Crippen LogP contribution in [0.15, 0.2) is 5.38 Å². The Bertz CT molecular complexity index is 721. The molecule has 0 aliphatic carbocycles. The first-order chi connectivity index (χ1) is 9.20. The van der Waals surface area contributed by atoms with Gasteiger partial charge in [0.1, 0.15) is 5.01 Å². The largest absolute Gasteiger partial charge is 0.476 e. The summed E-state index contributed by atoms with van der Waals surface area (Å²) in [6.45, 7) is -0.142. The third-order valence-corrected chi connectivity index (χ3v) is 7.48. The molecule has 112 valence electrons. The number of nitrogens with zero attached hydrogens (tertiary/aromatic N) is 1. The van der Waals surface area contributed by atoms with Crippen LogP contribution < -0.4 is 4.72 Å². The number of carbonyl (C=O) groups is 1. The second kappa shape index (κ2) is 5.39. The van der Waals surface area contributed by atoms with Crippen molar-refractivity contribution in [1.82, 2.24) is 9.71 Å². The molecule has 1 fully saturated rings. The molecule has 1 aromatic heterocycles. The zero-order valence-electron chi connectivity index (χ0n) is 10.1. The molecule has 11 heteroatoms. The average molecular weight is 340 g/mol. The lowest BCUT2D eigenvalue weighted by atomic mass is 10.4. The summed E-state index contributed by atoms with van der Waals surface area (Å²) in [6.07, 6.45) is 0.0793. The lowest BCUT2D eigenvalue weighted by Crippen LogP contribution is -2.34. The van der Waals surface area contributed by atoms with Crippen molar-refractivity contribution < 1.29 is 26.7 Å². The summed E-state index contributed by atoms with van der Waals surface area (Å²) in [7, 11) is -7.03. The van der Waals surface area contributed by atoms with Crippen LogP contribution in [0.5, 0.6) is 0 Å².